The minimum Gasteiger partial charge on any atom is -0.490 e. The smallest absolute Gasteiger partial charge is 0.314 e. The van der Waals surface area contributed by atoms with Gasteiger partial charge in [0.1, 0.15) is 0 Å². The predicted molar refractivity (Wildman–Crippen MR) is 79.2 cm³/mol. The first-order chi connectivity index (χ1) is 10.1. The van der Waals surface area contributed by atoms with Gasteiger partial charge >= 0.3 is 5.97 Å². The van der Waals surface area contributed by atoms with Gasteiger partial charge in [-0.3, -0.25) is 4.79 Å². The second-order valence-corrected chi connectivity index (χ2v) is 6.12. The number of carboxylic acid groups (broad SMARTS) is 1. The third-order valence-corrected chi connectivity index (χ3v) is 4.70. The fourth-order valence-electron chi connectivity index (χ4n) is 3.51. The molecule has 1 fully saturated rings. The van der Waals surface area contributed by atoms with Crippen LogP contribution in [0, 0.1) is 6.92 Å². The Kier molecular flexibility index (Phi) is 3.79. The molecule has 4 nitrogen and oxygen atoms in total. The molecule has 1 aliphatic carbocycles. The Morgan fingerprint density at radius 2 is 1.81 bits per heavy atom. The molecule has 0 atom stereocenters. The van der Waals surface area contributed by atoms with Crippen LogP contribution in [0.1, 0.15) is 49.7 Å². The standard InChI is InChI=1S/C17H22O4/c1-12-10-13(11-14-15(12)21-9-5-8-20-14)17(16(18)19)6-3-2-4-7-17/h10-11H,2-9H2,1H3,(H,18,19). The van der Waals surface area contributed by atoms with Gasteiger partial charge < -0.3 is 14.6 Å². The summed E-state index contributed by atoms with van der Waals surface area (Å²) in [6.07, 6.45) is 5.34. The summed E-state index contributed by atoms with van der Waals surface area (Å²) in [6, 6.07) is 3.88. The Morgan fingerprint density at radius 1 is 1.10 bits per heavy atom. The van der Waals surface area contributed by atoms with E-state index < -0.39 is 11.4 Å². The van der Waals surface area contributed by atoms with Crippen LogP contribution in [0.15, 0.2) is 12.1 Å². The molecule has 0 radical (unpaired) electrons. The number of hydrogen-bond acceptors (Lipinski definition) is 3. The minimum absolute atomic E-state index is 0.621. The van der Waals surface area contributed by atoms with Crippen molar-refractivity contribution in [3.05, 3.63) is 23.3 Å². The molecule has 4 heteroatoms. The molecule has 1 N–H and O–H groups in total. The van der Waals surface area contributed by atoms with E-state index in [0.717, 1.165) is 42.6 Å². The van der Waals surface area contributed by atoms with E-state index >= 15 is 0 Å². The van der Waals surface area contributed by atoms with Gasteiger partial charge in [0.15, 0.2) is 11.5 Å². The second-order valence-electron chi connectivity index (χ2n) is 6.12. The van der Waals surface area contributed by atoms with E-state index in [9.17, 15) is 9.90 Å². The van der Waals surface area contributed by atoms with E-state index in [1.807, 2.05) is 19.1 Å². The Morgan fingerprint density at radius 3 is 2.52 bits per heavy atom. The largest absolute Gasteiger partial charge is 0.490 e. The third-order valence-electron chi connectivity index (χ3n) is 4.70. The van der Waals surface area contributed by atoms with Crippen molar-refractivity contribution in [2.45, 2.75) is 50.9 Å². The highest BCUT2D eigenvalue weighted by Crippen LogP contribution is 2.44. The van der Waals surface area contributed by atoms with Crippen LogP contribution in [0.2, 0.25) is 0 Å². The lowest BCUT2D eigenvalue weighted by molar-refractivity contribution is -0.145. The molecule has 114 valence electrons. The van der Waals surface area contributed by atoms with E-state index in [-0.39, 0.29) is 0 Å². The van der Waals surface area contributed by atoms with Gasteiger partial charge in [0.2, 0.25) is 0 Å². The van der Waals surface area contributed by atoms with Crippen molar-refractivity contribution >= 4 is 5.97 Å². The van der Waals surface area contributed by atoms with Gasteiger partial charge in [-0.1, -0.05) is 25.3 Å². The summed E-state index contributed by atoms with van der Waals surface area (Å²) < 4.78 is 11.5. The van der Waals surface area contributed by atoms with Gasteiger partial charge in [0.25, 0.3) is 0 Å². The SMILES string of the molecule is Cc1cc(C2(C(=O)O)CCCCC2)cc2c1OCCCO2. The molecule has 0 bridgehead atoms. The summed E-state index contributed by atoms with van der Waals surface area (Å²) in [5.74, 6) is 0.761. The lowest BCUT2D eigenvalue weighted by atomic mass is 9.69. The molecular weight excluding hydrogens is 268 g/mol. The fraction of sp³-hybridized carbons (Fsp3) is 0.588. The molecule has 1 aliphatic heterocycles. The summed E-state index contributed by atoms with van der Waals surface area (Å²) in [4.78, 5) is 12.0. The molecule has 1 aromatic rings. The number of rotatable bonds is 2. The number of carbonyl (C=O) groups is 1. The topological polar surface area (TPSA) is 55.8 Å². The van der Waals surface area contributed by atoms with Crippen molar-refractivity contribution in [3.63, 3.8) is 0 Å². The average molecular weight is 290 g/mol. The number of aryl methyl sites for hydroxylation is 1. The fourth-order valence-corrected chi connectivity index (χ4v) is 3.51. The lowest BCUT2D eigenvalue weighted by Crippen LogP contribution is -2.37. The third kappa shape index (κ3) is 2.47. The summed E-state index contributed by atoms with van der Waals surface area (Å²) >= 11 is 0. The average Bonchev–Trinajstić information content (AvgIpc) is 2.73. The number of ether oxygens (including phenoxy) is 2. The summed E-state index contributed by atoms with van der Waals surface area (Å²) in [5, 5.41) is 9.82. The van der Waals surface area contributed by atoms with E-state index in [4.69, 9.17) is 9.47 Å². The van der Waals surface area contributed by atoms with Crippen molar-refractivity contribution in [2.24, 2.45) is 0 Å². The molecule has 0 saturated heterocycles. The van der Waals surface area contributed by atoms with E-state index in [1.54, 1.807) is 0 Å². The van der Waals surface area contributed by atoms with Crippen molar-refractivity contribution in [1.29, 1.82) is 0 Å². The zero-order chi connectivity index (χ0) is 14.9. The van der Waals surface area contributed by atoms with E-state index in [0.29, 0.717) is 31.8 Å². The maximum absolute atomic E-state index is 12.0. The molecule has 1 aromatic carbocycles. The Labute approximate surface area is 125 Å². The van der Waals surface area contributed by atoms with E-state index in [1.165, 1.54) is 0 Å². The number of carboxylic acids is 1. The van der Waals surface area contributed by atoms with Crippen LogP contribution in [0.25, 0.3) is 0 Å². The van der Waals surface area contributed by atoms with Crippen LogP contribution in [0.3, 0.4) is 0 Å². The first-order valence-corrected chi connectivity index (χ1v) is 7.78. The van der Waals surface area contributed by atoms with Gasteiger partial charge in [-0.2, -0.15) is 0 Å². The molecule has 2 aliphatic rings. The van der Waals surface area contributed by atoms with Gasteiger partial charge in [-0.25, -0.2) is 0 Å². The van der Waals surface area contributed by atoms with Crippen LogP contribution in [-0.2, 0) is 10.2 Å². The highest BCUT2D eigenvalue weighted by Gasteiger charge is 2.42. The monoisotopic (exact) mass is 290 g/mol. The maximum Gasteiger partial charge on any atom is 0.314 e. The summed E-state index contributed by atoms with van der Waals surface area (Å²) in [7, 11) is 0. The quantitative estimate of drug-likeness (QED) is 0.906. The minimum atomic E-state index is -0.756. The van der Waals surface area contributed by atoms with Crippen LogP contribution < -0.4 is 9.47 Å². The molecule has 0 amide bonds. The van der Waals surface area contributed by atoms with E-state index in [2.05, 4.69) is 0 Å². The van der Waals surface area contributed by atoms with Gasteiger partial charge in [-0.05, 0) is 37.0 Å². The molecule has 0 spiro atoms. The molecule has 0 aromatic heterocycles. The molecule has 0 unspecified atom stereocenters. The summed E-state index contributed by atoms with van der Waals surface area (Å²) in [5.41, 5.74) is 1.08. The second kappa shape index (κ2) is 5.58. The Bertz CT molecular complexity index is 544. The predicted octanol–water partition coefficient (Wildman–Crippen LogP) is 3.44. The number of fused-ring (bicyclic) bond motifs is 1. The lowest BCUT2D eigenvalue weighted by Gasteiger charge is -2.34. The first kappa shape index (κ1) is 14.2. The first-order valence-electron chi connectivity index (χ1n) is 7.78. The molecule has 1 saturated carbocycles. The number of aliphatic carboxylic acids is 1. The molecule has 1 heterocycles. The highest BCUT2D eigenvalue weighted by atomic mass is 16.5. The molecule has 3 rings (SSSR count). The Hall–Kier alpha value is -1.71. The van der Waals surface area contributed by atoms with Crippen LogP contribution in [0.5, 0.6) is 11.5 Å². The van der Waals surface area contributed by atoms with Gasteiger partial charge in [0, 0.05) is 6.42 Å². The summed E-state index contributed by atoms with van der Waals surface area (Å²) in [6.45, 7) is 3.24. The zero-order valence-electron chi connectivity index (χ0n) is 12.5. The molecular formula is C17H22O4. The number of benzene rings is 1. The van der Waals surface area contributed by atoms with Crippen LogP contribution in [0.4, 0.5) is 0 Å². The van der Waals surface area contributed by atoms with Crippen molar-refractivity contribution in [3.8, 4) is 11.5 Å². The maximum atomic E-state index is 12.0. The normalized spacial score (nSPS) is 20.6. The zero-order valence-corrected chi connectivity index (χ0v) is 12.5. The van der Waals surface area contributed by atoms with Gasteiger partial charge in [-0.15, -0.1) is 0 Å². The van der Waals surface area contributed by atoms with Gasteiger partial charge in [0.05, 0.1) is 18.6 Å². The van der Waals surface area contributed by atoms with Crippen molar-refractivity contribution < 1.29 is 19.4 Å². The Balaban J connectivity index is 2.07. The highest BCUT2D eigenvalue weighted by molar-refractivity contribution is 5.82. The van der Waals surface area contributed by atoms with Crippen molar-refractivity contribution in [2.75, 3.05) is 13.2 Å². The molecule has 21 heavy (non-hydrogen) atoms. The van der Waals surface area contributed by atoms with Crippen LogP contribution in [-0.4, -0.2) is 24.3 Å². The van der Waals surface area contributed by atoms with Crippen LogP contribution >= 0.6 is 0 Å². The number of hydrogen-bond donors (Lipinski definition) is 1. The van der Waals surface area contributed by atoms with Crippen molar-refractivity contribution in [1.82, 2.24) is 0 Å².